The van der Waals surface area contributed by atoms with E-state index in [1.807, 2.05) is 0 Å². The van der Waals surface area contributed by atoms with Gasteiger partial charge in [-0.25, -0.2) is 0 Å². The molecule has 1 N–H and O–H groups in total. The fourth-order valence-electron chi connectivity index (χ4n) is 3.26. The first-order valence-electron chi connectivity index (χ1n) is 7.70. The van der Waals surface area contributed by atoms with Crippen LogP contribution in [0.4, 0.5) is 0 Å². The second kappa shape index (κ2) is 6.64. The van der Waals surface area contributed by atoms with Crippen molar-refractivity contribution in [2.75, 3.05) is 5.75 Å². The highest BCUT2D eigenvalue weighted by Crippen LogP contribution is 2.30. The zero-order valence-corrected chi connectivity index (χ0v) is 13.0. The van der Waals surface area contributed by atoms with E-state index in [0.717, 1.165) is 11.8 Å². The van der Waals surface area contributed by atoms with Crippen LogP contribution in [0.15, 0.2) is 42.5 Å². The van der Waals surface area contributed by atoms with Gasteiger partial charge in [0.2, 0.25) is 0 Å². The van der Waals surface area contributed by atoms with E-state index in [-0.39, 0.29) is 0 Å². The maximum absolute atomic E-state index is 3.80. The zero-order valence-electron chi connectivity index (χ0n) is 12.1. The summed E-state index contributed by atoms with van der Waals surface area (Å²) in [5.74, 6) is 1.23. The molecule has 106 valence electrons. The molecule has 2 atom stereocenters. The molecule has 20 heavy (non-hydrogen) atoms. The Balaban J connectivity index is 1.71. The summed E-state index contributed by atoms with van der Waals surface area (Å²) in [6, 6.07) is 16.0. The van der Waals surface area contributed by atoms with Crippen molar-refractivity contribution in [3.05, 3.63) is 48.0 Å². The first-order chi connectivity index (χ1) is 9.88. The van der Waals surface area contributed by atoms with Gasteiger partial charge < -0.3 is 5.32 Å². The molecule has 1 aliphatic carbocycles. The van der Waals surface area contributed by atoms with E-state index in [9.17, 15) is 0 Å². The minimum atomic E-state index is 0.693. The number of hydrogen-bond donors (Lipinski definition) is 1. The number of rotatable bonds is 5. The summed E-state index contributed by atoms with van der Waals surface area (Å²) < 4.78 is 0. The van der Waals surface area contributed by atoms with Gasteiger partial charge in [0.1, 0.15) is 0 Å². The third-order valence-electron chi connectivity index (χ3n) is 4.27. The molecule has 1 nitrogen and oxygen atoms in total. The molecule has 0 heterocycles. The molecule has 2 unspecified atom stereocenters. The standard InChI is InChI=1S/C18H23NS/c1-2-20-18-12-6-11-17(18)19-13-15-9-5-8-14-7-3-4-10-16(14)15/h3-5,7-10,17-19H,2,6,11-13H2,1H3. The molecule has 1 fully saturated rings. The van der Waals surface area contributed by atoms with Crippen LogP contribution in [0, 0.1) is 0 Å². The summed E-state index contributed by atoms with van der Waals surface area (Å²) in [6.45, 7) is 3.26. The number of thioether (sulfide) groups is 1. The van der Waals surface area contributed by atoms with Crippen LogP contribution in [0.2, 0.25) is 0 Å². The minimum absolute atomic E-state index is 0.693. The molecule has 0 radical (unpaired) electrons. The molecule has 0 spiro atoms. The monoisotopic (exact) mass is 285 g/mol. The predicted octanol–water partition coefficient (Wildman–Crippen LogP) is 4.60. The fourth-order valence-corrected chi connectivity index (χ4v) is 4.49. The van der Waals surface area contributed by atoms with Gasteiger partial charge in [-0.15, -0.1) is 0 Å². The van der Waals surface area contributed by atoms with Gasteiger partial charge >= 0.3 is 0 Å². The molecule has 1 saturated carbocycles. The summed E-state index contributed by atoms with van der Waals surface area (Å²) in [5, 5.41) is 7.35. The minimum Gasteiger partial charge on any atom is -0.309 e. The third-order valence-corrected chi connectivity index (χ3v) is 5.59. The van der Waals surface area contributed by atoms with Gasteiger partial charge in [0, 0.05) is 17.8 Å². The molecular weight excluding hydrogens is 262 g/mol. The SMILES string of the molecule is CCSC1CCCC1NCc1cccc2ccccc12. The molecule has 0 aliphatic heterocycles. The summed E-state index contributed by atoms with van der Waals surface area (Å²) in [7, 11) is 0. The van der Waals surface area contributed by atoms with Crippen LogP contribution in [-0.4, -0.2) is 17.0 Å². The number of benzene rings is 2. The Morgan fingerprint density at radius 1 is 1.10 bits per heavy atom. The van der Waals surface area contributed by atoms with Crippen LogP contribution in [0.3, 0.4) is 0 Å². The number of hydrogen-bond acceptors (Lipinski definition) is 2. The molecule has 2 aromatic rings. The summed E-state index contributed by atoms with van der Waals surface area (Å²) in [6.07, 6.45) is 4.10. The van der Waals surface area contributed by atoms with Gasteiger partial charge in [-0.05, 0) is 34.9 Å². The van der Waals surface area contributed by atoms with Crippen LogP contribution in [0.5, 0.6) is 0 Å². The Labute approximate surface area is 126 Å². The van der Waals surface area contributed by atoms with E-state index in [1.54, 1.807) is 0 Å². The first-order valence-corrected chi connectivity index (χ1v) is 8.75. The lowest BCUT2D eigenvalue weighted by Gasteiger charge is -2.20. The maximum atomic E-state index is 3.80. The van der Waals surface area contributed by atoms with Gasteiger partial charge in [-0.1, -0.05) is 55.8 Å². The highest BCUT2D eigenvalue weighted by Gasteiger charge is 2.26. The van der Waals surface area contributed by atoms with E-state index < -0.39 is 0 Å². The Bertz CT molecular complexity index is 561. The summed E-state index contributed by atoms with van der Waals surface area (Å²) in [5.41, 5.74) is 1.43. The average Bonchev–Trinajstić information content (AvgIpc) is 2.93. The molecular formula is C18H23NS. The van der Waals surface area contributed by atoms with Crippen molar-refractivity contribution in [3.63, 3.8) is 0 Å². The molecule has 3 rings (SSSR count). The van der Waals surface area contributed by atoms with Gasteiger partial charge in [-0.2, -0.15) is 11.8 Å². The Morgan fingerprint density at radius 2 is 1.95 bits per heavy atom. The fraction of sp³-hybridized carbons (Fsp3) is 0.444. The second-order valence-corrected chi connectivity index (χ2v) is 7.07. The van der Waals surface area contributed by atoms with E-state index in [4.69, 9.17) is 0 Å². The first kappa shape index (κ1) is 14.0. The van der Waals surface area contributed by atoms with Crippen molar-refractivity contribution >= 4 is 22.5 Å². The van der Waals surface area contributed by atoms with Crippen molar-refractivity contribution < 1.29 is 0 Å². The maximum Gasteiger partial charge on any atom is 0.0214 e. The highest BCUT2D eigenvalue weighted by atomic mass is 32.2. The average molecular weight is 285 g/mol. The molecule has 1 aliphatic rings. The lowest BCUT2D eigenvalue weighted by molar-refractivity contribution is 0.533. The molecule has 2 aromatic carbocycles. The Kier molecular flexibility index (Phi) is 4.64. The molecule has 0 saturated heterocycles. The van der Waals surface area contributed by atoms with Crippen LogP contribution >= 0.6 is 11.8 Å². The van der Waals surface area contributed by atoms with Gasteiger partial charge in [-0.3, -0.25) is 0 Å². The van der Waals surface area contributed by atoms with Gasteiger partial charge in [0.25, 0.3) is 0 Å². The lowest BCUT2D eigenvalue weighted by atomic mass is 10.0. The van der Waals surface area contributed by atoms with Crippen molar-refractivity contribution in [2.45, 2.75) is 44.0 Å². The van der Waals surface area contributed by atoms with Gasteiger partial charge in [0.15, 0.2) is 0 Å². The van der Waals surface area contributed by atoms with Gasteiger partial charge in [0.05, 0.1) is 0 Å². The molecule has 0 bridgehead atoms. The summed E-state index contributed by atoms with van der Waals surface area (Å²) in [4.78, 5) is 0. The molecule has 0 aromatic heterocycles. The van der Waals surface area contributed by atoms with Crippen molar-refractivity contribution in [1.29, 1.82) is 0 Å². The smallest absolute Gasteiger partial charge is 0.0214 e. The molecule has 2 heteroatoms. The lowest BCUT2D eigenvalue weighted by Crippen LogP contribution is -2.33. The van der Waals surface area contributed by atoms with Crippen molar-refractivity contribution in [3.8, 4) is 0 Å². The third kappa shape index (κ3) is 3.02. The Hall–Kier alpha value is -0.990. The highest BCUT2D eigenvalue weighted by molar-refractivity contribution is 7.99. The van der Waals surface area contributed by atoms with Crippen LogP contribution in [0.25, 0.3) is 10.8 Å². The second-order valence-electron chi connectivity index (χ2n) is 5.55. The van der Waals surface area contributed by atoms with Crippen LogP contribution in [-0.2, 0) is 6.54 Å². The molecule has 0 amide bonds. The topological polar surface area (TPSA) is 12.0 Å². The van der Waals surface area contributed by atoms with Crippen LogP contribution < -0.4 is 5.32 Å². The number of nitrogens with one attached hydrogen (secondary N) is 1. The predicted molar refractivity (Wildman–Crippen MR) is 90.3 cm³/mol. The largest absolute Gasteiger partial charge is 0.309 e. The quantitative estimate of drug-likeness (QED) is 0.861. The van der Waals surface area contributed by atoms with Crippen LogP contribution in [0.1, 0.15) is 31.7 Å². The van der Waals surface area contributed by atoms with E-state index >= 15 is 0 Å². The van der Waals surface area contributed by atoms with Crippen molar-refractivity contribution in [2.24, 2.45) is 0 Å². The number of fused-ring (bicyclic) bond motifs is 1. The normalized spacial score (nSPS) is 22.4. The van der Waals surface area contributed by atoms with E-state index in [2.05, 4.69) is 66.5 Å². The van der Waals surface area contributed by atoms with Crippen molar-refractivity contribution in [1.82, 2.24) is 5.32 Å². The summed E-state index contributed by atoms with van der Waals surface area (Å²) >= 11 is 2.12. The Morgan fingerprint density at radius 3 is 2.85 bits per heavy atom. The zero-order chi connectivity index (χ0) is 13.8. The van der Waals surface area contributed by atoms with E-state index in [1.165, 1.54) is 41.4 Å². The van der Waals surface area contributed by atoms with E-state index in [0.29, 0.717) is 6.04 Å².